The van der Waals surface area contributed by atoms with E-state index in [-0.39, 0.29) is 11.8 Å². The average Bonchev–Trinajstić information content (AvgIpc) is 3.04. The summed E-state index contributed by atoms with van der Waals surface area (Å²) in [6.45, 7) is 3.02. The number of imidazole rings is 1. The largest absolute Gasteiger partial charge is 0.481 e. The van der Waals surface area contributed by atoms with Crippen molar-refractivity contribution in [2.45, 2.75) is 45.1 Å². The van der Waals surface area contributed by atoms with E-state index in [4.69, 9.17) is 10.1 Å². The predicted octanol–water partition coefficient (Wildman–Crippen LogP) is 2.81. The zero-order valence-corrected chi connectivity index (χ0v) is 11.6. The van der Waals surface area contributed by atoms with Crippen molar-refractivity contribution in [3.63, 3.8) is 0 Å². The molecule has 0 bridgehead atoms. The number of carboxylic acid groups (broad SMARTS) is 1. The van der Waals surface area contributed by atoms with Crippen LogP contribution in [-0.4, -0.2) is 25.6 Å². The first-order chi connectivity index (χ1) is 9.70. The second-order valence-electron chi connectivity index (χ2n) is 5.51. The number of fused-ring (bicyclic) bond motifs is 1. The van der Waals surface area contributed by atoms with Crippen molar-refractivity contribution in [1.29, 1.82) is 0 Å². The van der Waals surface area contributed by atoms with Crippen LogP contribution in [0.25, 0.3) is 11.2 Å². The molecule has 5 heteroatoms. The molecule has 2 aromatic rings. The highest BCUT2D eigenvalue weighted by molar-refractivity contribution is 5.72. The minimum absolute atomic E-state index is 0.220. The number of carboxylic acids is 1. The highest BCUT2D eigenvalue weighted by atomic mass is 16.4. The van der Waals surface area contributed by atoms with Gasteiger partial charge in [0.05, 0.1) is 5.92 Å². The van der Waals surface area contributed by atoms with Crippen LogP contribution >= 0.6 is 0 Å². The smallest absolute Gasteiger partial charge is 0.306 e. The quantitative estimate of drug-likeness (QED) is 0.930. The molecule has 0 radical (unpaired) electrons. The number of hydrogen-bond donors (Lipinski definition) is 1. The third kappa shape index (κ3) is 2.17. The summed E-state index contributed by atoms with van der Waals surface area (Å²) in [5.41, 5.74) is 1.83. The molecule has 2 aromatic heterocycles. The molecule has 2 atom stereocenters. The monoisotopic (exact) mass is 273 g/mol. The van der Waals surface area contributed by atoms with Gasteiger partial charge in [-0.15, -0.1) is 0 Å². The van der Waals surface area contributed by atoms with Crippen molar-refractivity contribution < 1.29 is 9.90 Å². The van der Waals surface area contributed by atoms with E-state index >= 15 is 0 Å². The highest BCUT2D eigenvalue weighted by Crippen LogP contribution is 2.38. The second kappa shape index (κ2) is 5.23. The number of aromatic nitrogens is 3. The number of aryl methyl sites for hydroxylation is 1. The van der Waals surface area contributed by atoms with E-state index in [9.17, 15) is 4.79 Å². The van der Waals surface area contributed by atoms with E-state index in [1.807, 2.05) is 12.1 Å². The molecule has 2 heterocycles. The van der Waals surface area contributed by atoms with Gasteiger partial charge in [-0.3, -0.25) is 4.79 Å². The van der Waals surface area contributed by atoms with Crippen LogP contribution in [0.15, 0.2) is 18.3 Å². The van der Waals surface area contributed by atoms with Crippen molar-refractivity contribution in [3.8, 4) is 0 Å². The lowest BCUT2D eigenvalue weighted by Gasteiger charge is -2.12. The lowest BCUT2D eigenvalue weighted by Crippen LogP contribution is -2.11. The molecule has 20 heavy (non-hydrogen) atoms. The predicted molar refractivity (Wildman–Crippen MR) is 75.5 cm³/mol. The van der Waals surface area contributed by atoms with Gasteiger partial charge >= 0.3 is 5.97 Å². The summed E-state index contributed by atoms with van der Waals surface area (Å²) >= 11 is 0. The van der Waals surface area contributed by atoms with Crippen molar-refractivity contribution >= 4 is 17.1 Å². The number of hydrogen-bond acceptors (Lipinski definition) is 3. The van der Waals surface area contributed by atoms with Crippen molar-refractivity contribution in [3.05, 3.63) is 24.2 Å². The molecule has 1 aliphatic rings. The molecule has 0 aromatic carbocycles. The molecule has 3 rings (SSSR count). The van der Waals surface area contributed by atoms with Crippen molar-refractivity contribution in [2.24, 2.45) is 5.92 Å². The molecular weight excluding hydrogens is 254 g/mol. The minimum Gasteiger partial charge on any atom is -0.481 e. The summed E-state index contributed by atoms with van der Waals surface area (Å²) in [5.74, 6) is 0.368. The highest BCUT2D eigenvalue weighted by Gasteiger charge is 2.33. The average molecular weight is 273 g/mol. The zero-order chi connectivity index (χ0) is 14.1. The summed E-state index contributed by atoms with van der Waals surface area (Å²) in [6, 6.07) is 3.87. The van der Waals surface area contributed by atoms with Crippen LogP contribution in [-0.2, 0) is 11.3 Å². The Morgan fingerprint density at radius 1 is 1.50 bits per heavy atom. The van der Waals surface area contributed by atoms with Gasteiger partial charge in [0, 0.05) is 18.7 Å². The summed E-state index contributed by atoms with van der Waals surface area (Å²) in [6.07, 6.45) is 5.16. The van der Waals surface area contributed by atoms with Gasteiger partial charge in [-0.1, -0.05) is 6.92 Å². The fourth-order valence-corrected chi connectivity index (χ4v) is 3.17. The maximum absolute atomic E-state index is 11.1. The molecule has 1 aliphatic carbocycles. The van der Waals surface area contributed by atoms with Crippen LogP contribution in [0, 0.1) is 5.92 Å². The Balaban J connectivity index is 1.98. The molecular formula is C15H19N3O2. The molecule has 0 amide bonds. The third-order valence-corrected chi connectivity index (χ3v) is 4.13. The maximum Gasteiger partial charge on any atom is 0.306 e. The minimum atomic E-state index is -0.677. The van der Waals surface area contributed by atoms with Crippen LogP contribution in [0.3, 0.4) is 0 Å². The summed E-state index contributed by atoms with van der Waals surface area (Å²) in [7, 11) is 0. The van der Waals surface area contributed by atoms with Crippen molar-refractivity contribution in [1.82, 2.24) is 14.5 Å². The van der Waals surface area contributed by atoms with E-state index < -0.39 is 5.97 Å². The topological polar surface area (TPSA) is 68.0 Å². The summed E-state index contributed by atoms with van der Waals surface area (Å²) in [4.78, 5) is 20.3. The Labute approximate surface area is 117 Å². The molecule has 1 saturated carbocycles. The number of nitrogens with zero attached hydrogens (tertiary/aromatic N) is 3. The number of aliphatic carboxylic acids is 1. The molecule has 1 fully saturated rings. The number of rotatable bonds is 4. The Bertz CT molecular complexity index is 635. The van der Waals surface area contributed by atoms with E-state index in [0.717, 1.165) is 42.8 Å². The molecule has 0 saturated heterocycles. The fourth-order valence-electron chi connectivity index (χ4n) is 3.17. The van der Waals surface area contributed by atoms with Gasteiger partial charge in [-0.25, -0.2) is 9.97 Å². The first kappa shape index (κ1) is 13.1. The van der Waals surface area contributed by atoms with E-state index in [1.54, 1.807) is 6.20 Å². The summed E-state index contributed by atoms with van der Waals surface area (Å²) in [5, 5.41) is 9.15. The van der Waals surface area contributed by atoms with Gasteiger partial charge in [-0.05, 0) is 37.8 Å². The van der Waals surface area contributed by atoms with Gasteiger partial charge < -0.3 is 9.67 Å². The van der Waals surface area contributed by atoms with Crippen LogP contribution < -0.4 is 0 Å². The fraction of sp³-hybridized carbons (Fsp3) is 0.533. The van der Waals surface area contributed by atoms with Crippen LogP contribution in [0.2, 0.25) is 0 Å². The van der Waals surface area contributed by atoms with E-state index in [0.29, 0.717) is 6.42 Å². The molecule has 2 unspecified atom stereocenters. The van der Waals surface area contributed by atoms with E-state index in [1.165, 1.54) is 0 Å². The van der Waals surface area contributed by atoms with Gasteiger partial charge in [0.2, 0.25) is 0 Å². The maximum atomic E-state index is 11.1. The molecule has 5 nitrogen and oxygen atoms in total. The zero-order valence-electron chi connectivity index (χ0n) is 11.6. The Hall–Kier alpha value is -1.91. The second-order valence-corrected chi connectivity index (χ2v) is 5.51. The van der Waals surface area contributed by atoms with E-state index in [2.05, 4.69) is 16.5 Å². The Morgan fingerprint density at radius 2 is 2.35 bits per heavy atom. The summed E-state index contributed by atoms with van der Waals surface area (Å²) < 4.78 is 2.17. The lowest BCUT2D eigenvalue weighted by molar-refractivity contribution is -0.141. The van der Waals surface area contributed by atoms with Gasteiger partial charge in [0.25, 0.3) is 0 Å². The van der Waals surface area contributed by atoms with Crippen molar-refractivity contribution in [2.75, 3.05) is 0 Å². The normalized spacial score (nSPS) is 22.4. The number of carbonyl (C=O) groups is 1. The standard InChI is InChI=1S/C15H19N3O2/c1-2-8-18-13(10-5-6-11(9-10)15(19)20)17-12-4-3-7-16-14(12)18/h3-4,7,10-11H,2,5-6,8-9H2,1H3,(H,19,20). The SMILES string of the molecule is CCCn1c(C2CCC(C(=O)O)C2)nc2cccnc21. The Kier molecular flexibility index (Phi) is 3.42. The lowest BCUT2D eigenvalue weighted by atomic mass is 10.0. The first-order valence-electron chi connectivity index (χ1n) is 7.24. The van der Waals surface area contributed by atoms with Crippen LogP contribution in [0.4, 0.5) is 0 Å². The molecule has 106 valence electrons. The molecule has 1 N–H and O–H groups in total. The van der Waals surface area contributed by atoms with Crippen LogP contribution in [0.5, 0.6) is 0 Å². The van der Waals surface area contributed by atoms with Gasteiger partial charge in [0.1, 0.15) is 11.3 Å². The molecule has 0 spiro atoms. The Morgan fingerprint density at radius 3 is 3.05 bits per heavy atom. The van der Waals surface area contributed by atoms with Gasteiger partial charge in [0.15, 0.2) is 5.65 Å². The first-order valence-corrected chi connectivity index (χ1v) is 7.24. The number of pyridine rings is 1. The third-order valence-electron chi connectivity index (χ3n) is 4.13. The molecule has 0 aliphatic heterocycles. The van der Waals surface area contributed by atoms with Gasteiger partial charge in [-0.2, -0.15) is 0 Å². The van der Waals surface area contributed by atoms with Crippen LogP contribution in [0.1, 0.15) is 44.3 Å².